The van der Waals surface area contributed by atoms with Crippen LogP contribution in [0.15, 0.2) is 78.9 Å². The summed E-state index contributed by atoms with van der Waals surface area (Å²) >= 11 is 0. The van der Waals surface area contributed by atoms with Crippen LogP contribution in [0.1, 0.15) is 48.8 Å². The predicted octanol–water partition coefficient (Wildman–Crippen LogP) is 5.34. The summed E-state index contributed by atoms with van der Waals surface area (Å²) < 4.78 is 10.8. The third-order valence-corrected chi connectivity index (χ3v) is 7.24. The van der Waals surface area contributed by atoms with Gasteiger partial charge in [-0.2, -0.15) is 0 Å². The van der Waals surface area contributed by atoms with Gasteiger partial charge in [0.15, 0.2) is 11.5 Å². The van der Waals surface area contributed by atoms with Gasteiger partial charge in [-0.1, -0.05) is 79.6 Å². The smallest absolute Gasteiger partial charge is 0.243 e. The van der Waals surface area contributed by atoms with Gasteiger partial charge in [0.2, 0.25) is 11.8 Å². The van der Waals surface area contributed by atoms with Crippen molar-refractivity contribution >= 4 is 11.8 Å². The van der Waals surface area contributed by atoms with E-state index in [-0.39, 0.29) is 24.3 Å². The van der Waals surface area contributed by atoms with Crippen LogP contribution in [0.4, 0.5) is 0 Å². The van der Waals surface area contributed by atoms with Gasteiger partial charge in [-0.05, 0) is 48.1 Å². The van der Waals surface area contributed by atoms with E-state index in [1.54, 1.807) is 19.1 Å². The first-order chi connectivity index (χ1) is 18.6. The molecule has 2 amide bonds. The highest BCUT2D eigenvalue weighted by molar-refractivity contribution is 5.88. The molecule has 3 aromatic carbocycles. The maximum absolute atomic E-state index is 13.9. The number of methoxy groups -OCH3 is 2. The van der Waals surface area contributed by atoms with Crippen molar-refractivity contribution in [1.82, 2.24) is 10.2 Å². The lowest BCUT2D eigenvalue weighted by Gasteiger charge is -2.32. The second-order valence-corrected chi connectivity index (χ2v) is 9.89. The van der Waals surface area contributed by atoms with Gasteiger partial charge in [0.1, 0.15) is 6.04 Å². The van der Waals surface area contributed by atoms with Crippen LogP contribution in [0.2, 0.25) is 0 Å². The van der Waals surface area contributed by atoms with Crippen molar-refractivity contribution < 1.29 is 19.1 Å². The zero-order valence-corrected chi connectivity index (χ0v) is 22.4. The van der Waals surface area contributed by atoms with Gasteiger partial charge < -0.3 is 19.7 Å². The van der Waals surface area contributed by atoms with E-state index in [2.05, 4.69) is 5.32 Å². The summed E-state index contributed by atoms with van der Waals surface area (Å²) in [5.74, 6) is 1.17. The van der Waals surface area contributed by atoms with Crippen molar-refractivity contribution in [2.24, 2.45) is 0 Å². The largest absolute Gasteiger partial charge is 0.493 e. The monoisotopic (exact) mass is 514 g/mol. The lowest BCUT2D eigenvalue weighted by molar-refractivity contribution is -0.141. The van der Waals surface area contributed by atoms with Crippen LogP contribution in [-0.4, -0.2) is 43.0 Å². The highest BCUT2D eigenvalue weighted by Gasteiger charge is 2.32. The Morgan fingerprint density at radius 1 is 0.842 bits per heavy atom. The van der Waals surface area contributed by atoms with Crippen LogP contribution in [0.25, 0.3) is 0 Å². The Morgan fingerprint density at radius 3 is 2.11 bits per heavy atom. The molecule has 4 rings (SSSR count). The van der Waals surface area contributed by atoms with Crippen LogP contribution in [-0.2, 0) is 29.0 Å². The van der Waals surface area contributed by atoms with Gasteiger partial charge in [0.25, 0.3) is 0 Å². The normalized spacial score (nSPS) is 14.1. The number of nitrogens with zero attached hydrogens (tertiary/aromatic N) is 1. The molecule has 6 heteroatoms. The molecule has 0 aromatic heterocycles. The summed E-state index contributed by atoms with van der Waals surface area (Å²) in [4.78, 5) is 29.4. The highest BCUT2D eigenvalue weighted by Crippen LogP contribution is 2.28. The van der Waals surface area contributed by atoms with Crippen molar-refractivity contribution in [2.75, 3.05) is 14.2 Å². The standard InChI is InChI=1S/C32H38N2O4/c1-37-29-19-17-25(22-30(29)38-2)18-20-31(35)34(23-26-13-7-4-8-14-26)28(21-24-11-5-3-6-12-24)32(36)33-27-15-9-10-16-27/h3-8,11-14,17,19,22,27-28H,9-10,15-16,18,20-21,23H2,1-2H3,(H,33,36)/t28-/m1/s1. The molecular weight excluding hydrogens is 476 g/mol. The number of hydrogen-bond donors (Lipinski definition) is 1. The van der Waals surface area contributed by atoms with Gasteiger partial charge in [-0.3, -0.25) is 9.59 Å². The molecule has 0 radical (unpaired) electrons. The predicted molar refractivity (Wildman–Crippen MR) is 149 cm³/mol. The molecule has 0 heterocycles. The quantitative estimate of drug-likeness (QED) is 0.355. The van der Waals surface area contributed by atoms with Crippen LogP contribution < -0.4 is 14.8 Å². The zero-order valence-electron chi connectivity index (χ0n) is 22.4. The third kappa shape index (κ3) is 7.37. The molecule has 38 heavy (non-hydrogen) atoms. The van der Waals surface area contributed by atoms with E-state index in [9.17, 15) is 9.59 Å². The lowest BCUT2D eigenvalue weighted by Crippen LogP contribution is -2.52. The minimum absolute atomic E-state index is 0.0499. The van der Waals surface area contributed by atoms with Crippen molar-refractivity contribution in [3.05, 3.63) is 95.6 Å². The SMILES string of the molecule is COc1ccc(CCC(=O)N(Cc2ccccc2)[C@H](Cc2ccccc2)C(=O)NC2CCCC2)cc1OC. The molecule has 0 aliphatic heterocycles. The number of carbonyl (C=O) groups is 2. The topological polar surface area (TPSA) is 67.9 Å². The molecule has 0 saturated heterocycles. The van der Waals surface area contributed by atoms with E-state index in [0.29, 0.717) is 30.9 Å². The molecule has 6 nitrogen and oxygen atoms in total. The number of nitrogens with one attached hydrogen (secondary N) is 1. The van der Waals surface area contributed by atoms with E-state index in [1.165, 1.54) is 0 Å². The number of amides is 2. The molecule has 1 saturated carbocycles. The fraction of sp³-hybridized carbons (Fsp3) is 0.375. The molecule has 1 fully saturated rings. The number of carbonyl (C=O) groups excluding carboxylic acids is 2. The summed E-state index contributed by atoms with van der Waals surface area (Å²) in [6, 6.07) is 25.1. The average Bonchev–Trinajstić information content (AvgIpc) is 3.47. The molecule has 3 aromatic rings. The first-order valence-corrected chi connectivity index (χ1v) is 13.5. The van der Waals surface area contributed by atoms with E-state index in [0.717, 1.165) is 42.4 Å². The number of ether oxygens (including phenoxy) is 2. The van der Waals surface area contributed by atoms with E-state index >= 15 is 0 Å². The fourth-order valence-corrected chi connectivity index (χ4v) is 5.13. The first kappa shape index (κ1) is 27.2. The van der Waals surface area contributed by atoms with Crippen LogP contribution >= 0.6 is 0 Å². The van der Waals surface area contributed by atoms with Crippen LogP contribution in [0.5, 0.6) is 11.5 Å². The third-order valence-electron chi connectivity index (χ3n) is 7.24. The Morgan fingerprint density at radius 2 is 1.47 bits per heavy atom. The van der Waals surface area contributed by atoms with Crippen LogP contribution in [0.3, 0.4) is 0 Å². The van der Waals surface area contributed by atoms with Gasteiger partial charge in [0, 0.05) is 25.4 Å². The average molecular weight is 515 g/mol. The van der Waals surface area contributed by atoms with E-state index in [1.807, 2.05) is 78.9 Å². The number of aryl methyl sites for hydroxylation is 1. The molecular formula is C32H38N2O4. The molecule has 1 aliphatic carbocycles. The summed E-state index contributed by atoms with van der Waals surface area (Å²) in [5, 5.41) is 3.26. The summed E-state index contributed by atoms with van der Waals surface area (Å²) in [6.45, 7) is 0.376. The highest BCUT2D eigenvalue weighted by atomic mass is 16.5. The lowest BCUT2D eigenvalue weighted by atomic mass is 10.0. The molecule has 200 valence electrons. The number of hydrogen-bond acceptors (Lipinski definition) is 4. The van der Waals surface area contributed by atoms with Crippen molar-refractivity contribution in [3.8, 4) is 11.5 Å². The Balaban J connectivity index is 1.59. The summed E-state index contributed by atoms with van der Waals surface area (Å²) in [5.41, 5.74) is 3.01. The van der Waals surface area contributed by atoms with Gasteiger partial charge in [-0.25, -0.2) is 0 Å². The minimum atomic E-state index is -0.601. The number of benzene rings is 3. The zero-order chi connectivity index (χ0) is 26.7. The van der Waals surface area contributed by atoms with Crippen molar-refractivity contribution in [1.29, 1.82) is 0 Å². The molecule has 1 aliphatic rings. The van der Waals surface area contributed by atoms with Gasteiger partial charge in [-0.15, -0.1) is 0 Å². The summed E-state index contributed by atoms with van der Waals surface area (Å²) in [6.07, 6.45) is 5.54. The first-order valence-electron chi connectivity index (χ1n) is 13.5. The molecule has 0 bridgehead atoms. The van der Waals surface area contributed by atoms with Crippen molar-refractivity contribution in [2.45, 2.75) is 63.6 Å². The minimum Gasteiger partial charge on any atom is -0.493 e. The van der Waals surface area contributed by atoms with Crippen LogP contribution in [0, 0.1) is 0 Å². The van der Waals surface area contributed by atoms with E-state index < -0.39 is 6.04 Å². The molecule has 0 spiro atoms. The van der Waals surface area contributed by atoms with Crippen molar-refractivity contribution in [3.63, 3.8) is 0 Å². The van der Waals surface area contributed by atoms with Gasteiger partial charge in [0.05, 0.1) is 14.2 Å². The van der Waals surface area contributed by atoms with Gasteiger partial charge >= 0.3 is 0 Å². The molecule has 1 atom stereocenters. The Bertz CT molecular complexity index is 1180. The molecule has 0 unspecified atom stereocenters. The fourth-order valence-electron chi connectivity index (χ4n) is 5.13. The Hall–Kier alpha value is -3.80. The Labute approximate surface area is 226 Å². The maximum atomic E-state index is 13.9. The Kier molecular flexibility index (Phi) is 9.79. The maximum Gasteiger partial charge on any atom is 0.243 e. The summed E-state index contributed by atoms with van der Waals surface area (Å²) in [7, 11) is 3.21. The molecule has 1 N–H and O–H groups in total. The second kappa shape index (κ2) is 13.7. The van der Waals surface area contributed by atoms with E-state index in [4.69, 9.17) is 9.47 Å². The number of rotatable bonds is 12. The second-order valence-electron chi connectivity index (χ2n) is 9.89.